The van der Waals surface area contributed by atoms with Crippen LogP contribution in [0, 0.1) is 23.2 Å². The Morgan fingerprint density at radius 3 is 2.47 bits per heavy atom. The molecule has 0 unspecified atom stereocenters. The minimum absolute atomic E-state index is 0.189. The zero-order valence-electron chi connectivity index (χ0n) is 10.3. The first-order valence-corrected chi connectivity index (χ1v) is 6.41. The molecular formula is C13H23ClO. The average Bonchev–Trinajstić information content (AvgIpc) is 2.38. The molecule has 0 aliphatic heterocycles. The highest BCUT2D eigenvalue weighted by Crippen LogP contribution is 2.51. The van der Waals surface area contributed by atoms with E-state index in [0.29, 0.717) is 17.8 Å². The summed E-state index contributed by atoms with van der Waals surface area (Å²) in [5, 5.41) is -0.189. The van der Waals surface area contributed by atoms with Crippen LogP contribution in [0.5, 0.6) is 0 Å². The lowest BCUT2D eigenvalue weighted by Crippen LogP contribution is -2.28. The predicted molar refractivity (Wildman–Crippen MR) is 64.9 cm³/mol. The molecule has 1 aliphatic carbocycles. The summed E-state index contributed by atoms with van der Waals surface area (Å²) >= 11 is 5.39. The van der Waals surface area contributed by atoms with Gasteiger partial charge in [0.2, 0.25) is 5.24 Å². The maximum atomic E-state index is 10.8. The minimum atomic E-state index is -0.189. The molecule has 1 aliphatic rings. The smallest absolute Gasteiger partial charge is 0.221 e. The van der Waals surface area contributed by atoms with Gasteiger partial charge in [-0.25, -0.2) is 0 Å². The summed E-state index contributed by atoms with van der Waals surface area (Å²) in [7, 11) is 0. The number of hydrogen-bond acceptors (Lipinski definition) is 1. The Bertz CT molecular complexity index is 235. The molecule has 3 atom stereocenters. The van der Waals surface area contributed by atoms with Crippen LogP contribution in [0.4, 0.5) is 0 Å². The molecule has 2 heteroatoms. The molecule has 0 N–H and O–H groups in total. The van der Waals surface area contributed by atoms with Crippen molar-refractivity contribution >= 4 is 16.8 Å². The van der Waals surface area contributed by atoms with Gasteiger partial charge in [-0.2, -0.15) is 0 Å². The monoisotopic (exact) mass is 230 g/mol. The third kappa shape index (κ3) is 2.96. The van der Waals surface area contributed by atoms with Crippen molar-refractivity contribution in [2.24, 2.45) is 23.2 Å². The van der Waals surface area contributed by atoms with Crippen molar-refractivity contribution in [3.8, 4) is 0 Å². The Kier molecular flexibility index (Phi) is 4.22. The van der Waals surface area contributed by atoms with Crippen LogP contribution in [0.25, 0.3) is 0 Å². The van der Waals surface area contributed by atoms with E-state index in [1.54, 1.807) is 0 Å². The van der Waals surface area contributed by atoms with Crippen LogP contribution in [0.3, 0.4) is 0 Å². The summed E-state index contributed by atoms with van der Waals surface area (Å²) in [4.78, 5) is 10.8. The van der Waals surface area contributed by atoms with Gasteiger partial charge in [0.05, 0.1) is 0 Å². The van der Waals surface area contributed by atoms with Gasteiger partial charge in [-0.05, 0) is 54.0 Å². The van der Waals surface area contributed by atoms with Crippen molar-refractivity contribution in [2.45, 2.75) is 53.4 Å². The van der Waals surface area contributed by atoms with Crippen molar-refractivity contribution in [2.75, 3.05) is 0 Å². The van der Waals surface area contributed by atoms with Crippen LogP contribution in [0.15, 0.2) is 0 Å². The highest BCUT2D eigenvalue weighted by atomic mass is 35.5. The molecule has 88 valence electrons. The van der Waals surface area contributed by atoms with E-state index in [1.165, 1.54) is 12.8 Å². The average molecular weight is 231 g/mol. The van der Waals surface area contributed by atoms with Crippen molar-refractivity contribution in [3.63, 3.8) is 0 Å². The summed E-state index contributed by atoms with van der Waals surface area (Å²) in [5.74, 6) is 2.17. The van der Waals surface area contributed by atoms with Gasteiger partial charge in [0.15, 0.2) is 0 Å². The van der Waals surface area contributed by atoms with Gasteiger partial charge < -0.3 is 0 Å². The molecule has 0 aromatic carbocycles. The molecule has 0 amide bonds. The first kappa shape index (κ1) is 13.0. The molecule has 15 heavy (non-hydrogen) atoms. The first-order chi connectivity index (χ1) is 6.85. The second-order valence-corrected chi connectivity index (χ2v) is 6.20. The Balaban J connectivity index is 2.53. The Morgan fingerprint density at radius 2 is 2.07 bits per heavy atom. The van der Waals surface area contributed by atoms with Gasteiger partial charge >= 0.3 is 0 Å². The molecule has 1 fully saturated rings. The van der Waals surface area contributed by atoms with Crippen LogP contribution < -0.4 is 0 Å². The second-order valence-electron chi connectivity index (χ2n) is 5.78. The first-order valence-electron chi connectivity index (χ1n) is 6.04. The van der Waals surface area contributed by atoms with Crippen molar-refractivity contribution in [1.29, 1.82) is 0 Å². The van der Waals surface area contributed by atoms with E-state index < -0.39 is 0 Å². The second kappa shape index (κ2) is 4.86. The van der Waals surface area contributed by atoms with Gasteiger partial charge in [0, 0.05) is 6.42 Å². The quantitative estimate of drug-likeness (QED) is 0.661. The minimum Gasteiger partial charge on any atom is -0.281 e. The van der Waals surface area contributed by atoms with E-state index in [1.807, 2.05) is 0 Å². The van der Waals surface area contributed by atoms with Crippen LogP contribution in [-0.4, -0.2) is 5.24 Å². The fraction of sp³-hybridized carbons (Fsp3) is 0.923. The molecular weight excluding hydrogens is 208 g/mol. The number of halogens is 1. The molecule has 1 nitrogen and oxygen atoms in total. The highest BCUT2D eigenvalue weighted by molar-refractivity contribution is 6.63. The Hall–Kier alpha value is -0.0400. The van der Waals surface area contributed by atoms with Crippen LogP contribution in [0.2, 0.25) is 0 Å². The molecule has 0 heterocycles. The molecule has 0 radical (unpaired) electrons. The fourth-order valence-corrected chi connectivity index (χ4v) is 3.21. The highest BCUT2D eigenvalue weighted by Gasteiger charge is 2.42. The van der Waals surface area contributed by atoms with E-state index in [4.69, 9.17) is 11.6 Å². The van der Waals surface area contributed by atoms with E-state index >= 15 is 0 Å². The van der Waals surface area contributed by atoms with E-state index in [9.17, 15) is 4.79 Å². The number of hydrogen-bond donors (Lipinski definition) is 0. The largest absolute Gasteiger partial charge is 0.281 e. The van der Waals surface area contributed by atoms with Crippen molar-refractivity contribution in [3.05, 3.63) is 0 Å². The molecule has 1 rings (SSSR count). The zero-order chi connectivity index (χ0) is 11.6. The van der Waals surface area contributed by atoms with E-state index in [2.05, 4.69) is 27.7 Å². The van der Waals surface area contributed by atoms with E-state index in [0.717, 1.165) is 18.3 Å². The maximum Gasteiger partial charge on any atom is 0.221 e. The molecule has 0 spiro atoms. The van der Waals surface area contributed by atoms with Gasteiger partial charge in [-0.1, -0.05) is 27.7 Å². The molecule has 0 bridgehead atoms. The standard InChI is InChI=1S/C13H23ClO/c1-9(5-8-12(14)15)11-7-6-10(2)13(11,3)4/h9-11H,5-8H2,1-4H3/t9-,10-,11-/m1/s1. The van der Waals surface area contributed by atoms with Gasteiger partial charge in [-0.15, -0.1) is 0 Å². The molecule has 0 saturated heterocycles. The lowest BCUT2D eigenvalue weighted by Gasteiger charge is -2.35. The summed E-state index contributed by atoms with van der Waals surface area (Å²) in [6.45, 7) is 9.35. The molecule has 0 aromatic heterocycles. The number of carbonyl (C=O) groups excluding carboxylic acids is 1. The molecule has 1 saturated carbocycles. The summed E-state index contributed by atoms with van der Waals surface area (Å²) in [6.07, 6.45) is 4.12. The van der Waals surface area contributed by atoms with Gasteiger partial charge in [0.25, 0.3) is 0 Å². The third-order valence-corrected chi connectivity index (χ3v) is 4.81. The lowest BCUT2D eigenvalue weighted by atomic mass is 9.70. The summed E-state index contributed by atoms with van der Waals surface area (Å²) in [6, 6.07) is 0. The van der Waals surface area contributed by atoms with Gasteiger partial charge in [-0.3, -0.25) is 4.79 Å². The van der Waals surface area contributed by atoms with Crippen molar-refractivity contribution in [1.82, 2.24) is 0 Å². The van der Waals surface area contributed by atoms with E-state index in [-0.39, 0.29) is 5.24 Å². The zero-order valence-corrected chi connectivity index (χ0v) is 11.1. The number of carbonyl (C=O) groups is 1. The third-order valence-electron chi connectivity index (χ3n) is 4.62. The Labute approximate surface area is 98.6 Å². The van der Waals surface area contributed by atoms with Crippen LogP contribution in [-0.2, 0) is 4.79 Å². The summed E-state index contributed by atoms with van der Waals surface area (Å²) < 4.78 is 0. The number of rotatable bonds is 4. The topological polar surface area (TPSA) is 17.1 Å². The van der Waals surface area contributed by atoms with Gasteiger partial charge in [0.1, 0.15) is 0 Å². The fourth-order valence-electron chi connectivity index (χ4n) is 3.10. The SMILES string of the molecule is C[C@H](CCC(=O)Cl)[C@H]1CC[C@@H](C)C1(C)C. The van der Waals surface area contributed by atoms with Crippen LogP contribution in [0.1, 0.15) is 53.4 Å². The maximum absolute atomic E-state index is 10.8. The van der Waals surface area contributed by atoms with Crippen LogP contribution >= 0.6 is 11.6 Å². The Morgan fingerprint density at radius 1 is 1.47 bits per heavy atom. The predicted octanol–water partition coefficient (Wildman–Crippen LogP) is 4.24. The van der Waals surface area contributed by atoms with Crippen molar-refractivity contribution < 1.29 is 4.79 Å². The lowest BCUT2D eigenvalue weighted by molar-refractivity contribution is -0.112. The summed E-state index contributed by atoms with van der Waals surface area (Å²) in [5.41, 5.74) is 0.425. The molecule has 0 aromatic rings. The normalized spacial score (nSPS) is 31.5.